The predicted molar refractivity (Wildman–Crippen MR) is 71.8 cm³/mol. The lowest BCUT2D eigenvalue weighted by Crippen LogP contribution is -2.57. The van der Waals surface area contributed by atoms with E-state index in [1.54, 1.807) is 12.4 Å². The van der Waals surface area contributed by atoms with Gasteiger partial charge >= 0.3 is 0 Å². The second-order valence-corrected chi connectivity index (χ2v) is 5.50. The fraction of sp³-hybridized carbons (Fsp3) is 0.600. The van der Waals surface area contributed by atoms with E-state index >= 15 is 0 Å². The molecule has 1 amide bonds. The third kappa shape index (κ3) is 2.88. The van der Waals surface area contributed by atoms with Crippen molar-refractivity contribution in [3.63, 3.8) is 0 Å². The lowest BCUT2D eigenvalue weighted by molar-refractivity contribution is -0.145. The van der Waals surface area contributed by atoms with E-state index in [1.165, 1.54) is 19.3 Å². The van der Waals surface area contributed by atoms with Crippen LogP contribution in [-0.4, -0.2) is 35.0 Å². The summed E-state index contributed by atoms with van der Waals surface area (Å²) in [5.74, 6) is 1.45. The molecule has 102 valence electrons. The van der Waals surface area contributed by atoms with Gasteiger partial charge in [0.1, 0.15) is 11.9 Å². The number of pyridine rings is 1. The lowest BCUT2D eigenvalue weighted by Gasteiger charge is -2.41. The summed E-state index contributed by atoms with van der Waals surface area (Å²) >= 11 is 0. The number of carbonyl (C=O) groups is 1. The maximum Gasteiger partial charge on any atom is 0.225 e. The number of carbonyl (C=O) groups excluding carboxylic acids is 1. The first kappa shape index (κ1) is 12.5. The maximum atomic E-state index is 12.2. The topological polar surface area (TPSA) is 42.4 Å². The monoisotopic (exact) mass is 260 g/mol. The van der Waals surface area contributed by atoms with Crippen molar-refractivity contribution in [3.05, 3.63) is 24.5 Å². The molecule has 2 heterocycles. The summed E-state index contributed by atoms with van der Waals surface area (Å²) in [6, 6.07) is 3.71. The fourth-order valence-corrected chi connectivity index (χ4v) is 2.91. The van der Waals surface area contributed by atoms with Crippen LogP contribution in [0.3, 0.4) is 0 Å². The van der Waals surface area contributed by atoms with Crippen molar-refractivity contribution in [2.45, 2.75) is 38.2 Å². The smallest absolute Gasteiger partial charge is 0.225 e. The first-order chi connectivity index (χ1) is 9.33. The van der Waals surface area contributed by atoms with Crippen molar-refractivity contribution < 1.29 is 9.53 Å². The van der Waals surface area contributed by atoms with E-state index in [0.29, 0.717) is 5.91 Å². The lowest BCUT2D eigenvalue weighted by atomic mass is 9.87. The molecule has 1 aromatic heterocycles. The Balaban J connectivity index is 1.46. The molecule has 1 aromatic rings. The Morgan fingerprint density at radius 3 is 2.53 bits per heavy atom. The molecule has 1 saturated carbocycles. The minimum absolute atomic E-state index is 0.148. The van der Waals surface area contributed by atoms with Gasteiger partial charge in [0.25, 0.3) is 0 Å². The van der Waals surface area contributed by atoms with Gasteiger partial charge in [0.2, 0.25) is 5.91 Å². The van der Waals surface area contributed by atoms with Gasteiger partial charge < -0.3 is 9.64 Å². The number of amides is 1. The zero-order chi connectivity index (χ0) is 13.1. The van der Waals surface area contributed by atoms with Crippen LogP contribution in [0, 0.1) is 5.92 Å². The van der Waals surface area contributed by atoms with E-state index in [-0.39, 0.29) is 12.0 Å². The van der Waals surface area contributed by atoms with Gasteiger partial charge in [-0.25, -0.2) is 0 Å². The second-order valence-electron chi connectivity index (χ2n) is 5.50. The van der Waals surface area contributed by atoms with Crippen molar-refractivity contribution in [1.29, 1.82) is 0 Å². The molecule has 4 heteroatoms. The van der Waals surface area contributed by atoms with Crippen molar-refractivity contribution in [2.24, 2.45) is 5.92 Å². The molecule has 4 nitrogen and oxygen atoms in total. The van der Waals surface area contributed by atoms with Gasteiger partial charge in [-0.1, -0.05) is 19.3 Å². The van der Waals surface area contributed by atoms with Crippen molar-refractivity contribution >= 4 is 5.91 Å². The molecule has 0 bridgehead atoms. The zero-order valence-corrected chi connectivity index (χ0v) is 11.1. The molecule has 1 saturated heterocycles. The van der Waals surface area contributed by atoms with Crippen LogP contribution in [0.5, 0.6) is 5.75 Å². The van der Waals surface area contributed by atoms with Gasteiger partial charge in [0.05, 0.1) is 13.1 Å². The van der Waals surface area contributed by atoms with Crippen molar-refractivity contribution in [1.82, 2.24) is 9.88 Å². The first-order valence-corrected chi connectivity index (χ1v) is 7.18. The maximum absolute atomic E-state index is 12.2. The summed E-state index contributed by atoms with van der Waals surface area (Å²) in [6.07, 6.45) is 9.45. The molecule has 3 rings (SSSR count). The van der Waals surface area contributed by atoms with Crippen LogP contribution in [-0.2, 0) is 4.79 Å². The number of nitrogens with zero attached hydrogens (tertiary/aromatic N) is 2. The highest BCUT2D eigenvalue weighted by Crippen LogP contribution is 2.27. The predicted octanol–water partition coefficient (Wildman–Crippen LogP) is 2.25. The van der Waals surface area contributed by atoms with Crippen molar-refractivity contribution in [2.75, 3.05) is 13.1 Å². The van der Waals surface area contributed by atoms with E-state index in [0.717, 1.165) is 31.7 Å². The Hall–Kier alpha value is -1.58. The van der Waals surface area contributed by atoms with Crippen LogP contribution in [0.25, 0.3) is 0 Å². The normalized spacial score (nSPS) is 20.9. The molecule has 0 unspecified atom stereocenters. The van der Waals surface area contributed by atoms with Gasteiger partial charge in [-0.15, -0.1) is 0 Å². The standard InChI is InChI=1S/C15H20N2O2/c18-15(12-4-2-1-3-5-12)17-10-14(11-17)19-13-6-8-16-9-7-13/h6-9,12,14H,1-5,10-11H2. The van der Waals surface area contributed by atoms with Gasteiger partial charge in [0, 0.05) is 18.3 Å². The third-order valence-electron chi connectivity index (χ3n) is 4.07. The number of likely N-dealkylation sites (tertiary alicyclic amines) is 1. The summed E-state index contributed by atoms with van der Waals surface area (Å²) in [5, 5.41) is 0. The van der Waals surface area contributed by atoms with Crippen LogP contribution in [0.1, 0.15) is 32.1 Å². The summed E-state index contributed by atoms with van der Waals surface area (Å²) in [4.78, 5) is 18.1. The molecular weight excluding hydrogens is 240 g/mol. The Kier molecular flexibility index (Phi) is 3.67. The molecule has 19 heavy (non-hydrogen) atoms. The fourth-order valence-electron chi connectivity index (χ4n) is 2.91. The number of hydrogen-bond donors (Lipinski definition) is 0. The van der Waals surface area contributed by atoms with Crippen LogP contribution in [0.4, 0.5) is 0 Å². The van der Waals surface area contributed by atoms with Gasteiger partial charge in [0.15, 0.2) is 0 Å². The molecule has 0 atom stereocenters. The van der Waals surface area contributed by atoms with E-state index in [9.17, 15) is 4.79 Å². The highest BCUT2D eigenvalue weighted by Gasteiger charge is 2.35. The number of rotatable bonds is 3. The number of hydrogen-bond acceptors (Lipinski definition) is 3. The van der Waals surface area contributed by atoms with E-state index in [1.807, 2.05) is 17.0 Å². The SMILES string of the molecule is O=C(C1CCCCC1)N1CC(Oc2ccncc2)C1. The van der Waals surface area contributed by atoms with Crippen LogP contribution in [0.15, 0.2) is 24.5 Å². The zero-order valence-electron chi connectivity index (χ0n) is 11.1. The molecule has 0 aromatic carbocycles. The highest BCUT2D eigenvalue weighted by atomic mass is 16.5. The Morgan fingerprint density at radius 2 is 1.84 bits per heavy atom. The summed E-state index contributed by atoms with van der Waals surface area (Å²) in [5.41, 5.74) is 0. The Morgan fingerprint density at radius 1 is 1.16 bits per heavy atom. The quantitative estimate of drug-likeness (QED) is 0.837. The van der Waals surface area contributed by atoms with Gasteiger partial charge in [-0.05, 0) is 25.0 Å². The average molecular weight is 260 g/mol. The summed E-state index contributed by atoms with van der Waals surface area (Å²) in [6.45, 7) is 1.47. The average Bonchev–Trinajstić information content (AvgIpc) is 2.44. The number of aromatic nitrogens is 1. The van der Waals surface area contributed by atoms with E-state index in [2.05, 4.69) is 4.98 Å². The van der Waals surface area contributed by atoms with Crippen LogP contribution >= 0.6 is 0 Å². The first-order valence-electron chi connectivity index (χ1n) is 7.18. The molecule has 1 aliphatic carbocycles. The largest absolute Gasteiger partial charge is 0.487 e. The minimum Gasteiger partial charge on any atom is -0.487 e. The Bertz CT molecular complexity index is 423. The summed E-state index contributed by atoms with van der Waals surface area (Å²) < 4.78 is 5.78. The third-order valence-corrected chi connectivity index (χ3v) is 4.07. The molecule has 2 aliphatic rings. The van der Waals surface area contributed by atoms with E-state index in [4.69, 9.17) is 4.74 Å². The second kappa shape index (κ2) is 5.59. The molecule has 0 radical (unpaired) electrons. The highest BCUT2D eigenvalue weighted by molar-refractivity contribution is 5.79. The molecule has 1 aliphatic heterocycles. The molecule has 0 N–H and O–H groups in total. The van der Waals surface area contributed by atoms with Crippen LogP contribution in [0.2, 0.25) is 0 Å². The van der Waals surface area contributed by atoms with Gasteiger partial charge in [-0.3, -0.25) is 9.78 Å². The van der Waals surface area contributed by atoms with Gasteiger partial charge in [-0.2, -0.15) is 0 Å². The minimum atomic E-state index is 0.148. The number of ether oxygens (including phenoxy) is 1. The van der Waals surface area contributed by atoms with Crippen LogP contribution < -0.4 is 4.74 Å². The van der Waals surface area contributed by atoms with E-state index < -0.39 is 0 Å². The molecule has 0 spiro atoms. The molecular formula is C15H20N2O2. The van der Waals surface area contributed by atoms with Crippen molar-refractivity contribution in [3.8, 4) is 5.75 Å². The Labute approximate surface area is 113 Å². The molecule has 2 fully saturated rings. The summed E-state index contributed by atoms with van der Waals surface area (Å²) in [7, 11) is 0.